The Bertz CT molecular complexity index is 724. The first-order chi connectivity index (χ1) is 13.2. The molecular weight excluding hydrogens is 338 g/mol. The van der Waals surface area contributed by atoms with Crippen LogP contribution in [0.15, 0.2) is 60.7 Å². The first-order valence-corrected chi connectivity index (χ1v) is 9.74. The molecule has 0 N–H and O–H groups in total. The Morgan fingerprint density at radius 2 is 1.59 bits per heavy atom. The first kappa shape index (κ1) is 18.2. The van der Waals surface area contributed by atoms with Gasteiger partial charge in [0.05, 0.1) is 19.1 Å². The van der Waals surface area contributed by atoms with Crippen LogP contribution < -0.4 is 0 Å². The van der Waals surface area contributed by atoms with E-state index in [1.807, 2.05) is 36.4 Å². The molecule has 0 spiro atoms. The van der Waals surface area contributed by atoms with Crippen molar-refractivity contribution in [3.63, 3.8) is 0 Å². The minimum Gasteiger partial charge on any atom is -0.469 e. The maximum atomic E-state index is 12.6. The molecule has 2 aliphatic heterocycles. The molecule has 4 nitrogen and oxygen atoms in total. The van der Waals surface area contributed by atoms with Gasteiger partial charge in [0.25, 0.3) is 0 Å². The second kappa shape index (κ2) is 7.83. The lowest BCUT2D eigenvalue weighted by atomic mass is 9.87. The molecule has 0 radical (unpaired) electrons. The van der Waals surface area contributed by atoms with Gasteiger partial charge in [-0.05, 0) is 37.4 Å². The van der Waals surface area contributed by atoms with Crippen molar-refractivity contribution in [3.05, 3.63) is 71.8 Å². The standard InChI is InChI=1S/C23H27NO3/c1-24-18-13-14-19(24)21(23(25)26-2)20(15-18)27-22(16-9-5-3-6-10-16)17-11-7-4-8-12-17/h3-12,18-22H,13-15H2,1-2H3/t18-,19+,20?,21?/m0/s1. The second-order valence-corrected chi connectivity index (χ2v) is 7.62. The van der Waals surface area contributed by atoms with Gasteiger partial charge in [-0.25, -0.2) is 0 Å². The molecule has 2 saturated heterocycles. The molecule has 0 aliphatic carbocycles. The minimum absolute atomic E-state index is 0.142. The van der Waals surface area contributed by atoms with Crippen molar-refractivity contribution in [2.75, 3.05) is 14.2 Å². The van der Waals surface area contributed by atoms with E-state index >= 15 is 0 Å². The van der Waals surface area contributed by atoms with Crippen LogP contribution in [0, 0.1) is 5.92 Å². The fourth-order valence-corrected chi connectivity index (χ4v) is 4.79. The predicted molar refractivity (Wildman–Crippen MR) is 104 cm³/mol. The van der Waals surface area contributed by atoms with Crippen LogP contribution in [0.25, 0.3) is 0 Å². The number of carbonyl (C=O) groups is 1. The van der Waals surface area contributed by atoms with E-state index in [1.54, 1.807) is 0 Å². The van der Waals surface area contributed by atoms with E-state index in [0.717, 1.165) is 30.4 Å². The Hall–Kier alpha value is -2.17. The van der Waals surface area contributed by atoms with Crippen molar-refractivity contribution in [2.45, 2.75) is 43.6 Å². The number of piperidine rings is 1. The number of ether oxygens (including phenoxy) is 2. The molecule has 0 saturated carbocycles. The third-order valence-electron chi connectivity index (χ3n) is 6.20. The topological polar surface area (TPSA) is 38.8 Å². The van der Waals surface area contributed by atoms with Gasteiger partial charge in [-0.2, -0.15) is 0 Å². The number of methoxy groups -OCH3 is 1. The molecule has 2 bridgehead atoms. The number of esters is 1. The highest BCUT2D eigenvalue weighted by Gasteiger charge is 2.50. The molecule has 4 heteroatoms. The summed E-state index contributed by atoms with van der Waals surface area (Å²) in [4.78, 5) is 15.0. The summed E-state index contributed by atoms with van der Waals surface area (Å²) in [5.41, 5.74) is 2.22. The van der Waals surface area contributed by atoms with E-state index in [2.05, 4.69) is 36.2 Å². The molecule has 4 rings (SSSR count). The molecule has 0 amide bonds. The molecule has 2 aromatic rings. The van der Waals surface area contributed by atoms with Gasteiger partial charge in [0, 0.05) is 12.1 Å². The monoisotopic (exact) mass is 365 g/mol. The molecule has 4 atom stereocenters. The van der Waals surface area contributed by atoms with Crippen LogP contribution in [0.1, 0.15) is 36.5 Å². The zero-order valence-electron chi connectivity index (χ0n) is 16.0. The van der Waals surface area contributed by atoms with E-state index in [9.17, 15) is 4.79 Å². The normalized spacial score (nSPS) is 27.7. The predicted octanol–water partition coefficient (Wildman–Crippen LogP) is 3.82. The van der Waals surface area contributed by atoms with Crippen LogP contribution in [0.2, 0.25) is 0 Å². The maximum Gasteiger partial charge on any atom is 0.312 e. The first-order valence-electron chi connectivity index (χ1n) is 9.74. The molecule has 2 aliphatic rings. The minimum atomic E-state index is -0.242. The fourth-order valence-electron chi connectivity index (χ4n) is 4.79. The lowest BCUT2D eigenvalue weighted by Crippen LogP contribution is -2.53. The Kier molecular flexibility index (Phi) is 5.28. The number of rotatable bonds is 5. The van der Waals surface area contributed by atoms with Crippen molar-refractivity contribution in [3.8, 4) is 0 Å². The van der Waals surface area contributed by atoms with Crippen molar-refractivity contribution < 1.29 is 14.3 Å². The molecule has 2 aromatic carbocycles. The molecule has 142 valence electrons. The van der Waals surface area contributed by atoms with Crippen LogP contribution in [0.4, 0.5) is 0 Å². The second-order valence-electron chi connectivity index (χ2n) is 7.62. The van der Waals surface area contributed by atoms with Crippen LogP contribution in [0.5, 0.6) is 0 Å². The number of hydrogen-bond acceptors (Lipinski definition) is 4. The van der Waals surface area contributed by atoms with Crippen LogP contribution in [-0.4, -0.2) is 43.2 Å². The lowest BCUT2D eigenvalue weighted by Gasteiger charge is -2.42. The molecule has 0 aromatic heterocycles. The highest BCUT2D eigenvalue weighted by molar-refractivity contribution is 5.74. The summed E-state index contributed by atoms with van der Waals surface area (Å²) in [7, 11) is 3.60. The molecule has 2 unspecified atom stereocenters. The van der Waals surface area contributed by atoms with Gasteiger partial charge in [0.2, 0.25) is 0 Å². The van der Waals surface area contributed by atoms with Gasteiger partial charge >= 0.3 is 5.97 Å². The van der Waals surface area contributed by atoms with Crippen molar-refractivity contribution in [1.82, 2.24) is 4.90 Å². The number of carbonyl (C=O) groups excluding carboxylic acids is 1. The average Bonchev–Trinajstić information content (AvgIpc) is 2.96. The number of fused-ring (bicyclic) bond motifs is 2. The third-order valence-corrected chi connectivity index (χ3v) is 6.20. The van der Waals surface area contributed by atoms with Gasteiger partial charge in [-0.3, -0.25) is 9.69 Å². The van der Waals surface area contributed by atoms with Gasteiger partial charge in [0.15, 0.2) is 0 Å². The summed E-state index contributed by atoms with van der Waals surface area (Å²) in [5.74, 6) is -0.397. The fraction of sp³-hybridized carbons (Fsp3) is 0.435. The zero-order valence-corrected chi connectivity index (χ0v) is 16.0. The number of nitrogens with zero attached hydrogens (tertiary/aromatic N) is 1. The van der Waals surface area contributed by atoms with E-state index < -0.39 is 0 Å². The van der Waals surface area contributed by atoms with Gasteiger partial charge < -0.3 is 9.47 Å². The summed E-state index contributed by atoms with van der Waals surface area (Å²) in [6.07, 6.45) is 2.69. The van der Waals surface area contributed by atoms with Crippen molar-refractivity contribution >= 4 is 5.97 Å². The van der Waals surface area contributed by atoms with Crippen LogP contribution in [0.3, 0.4) is 0 Å². The van der Waals surface area contributed by atoms with E-state index in [4.69, 9.17) is 9.47 Å². The van der Waals surface area contributed by atoms with Crippen molar-refractivity contribution in [2.24, 2.45) is 5.92 Å². The summed E-state index contributed by atoms with van der Waals surface area (Å²) in [6.45, 7) is 0. The van der Waals surface area contributed by atoms with E-state index in [-0.39, 0.29) is 30.1 Å². The molecule has 2 fully saturated rings. The average molecular weight is 365 g/mol. The highest BCUT2D eigenvalue weighted by atomic mass is 16.5. The van der Waals surface area contributed by atoms with E-state index in [0.29, 0.717) is 6.04 Å². The Labute approximate surface area is 161 Å². The van der Waals surface area contributed by atoms with Crippen LogP contribution in [-0.2, 0) is 14.3 Å². The molecular formula is C23H27NO3. The summed E-state index contributed by atoms with van der Waals surface area (Å²) < 4.78 is 11.9. The Morgan fingerprint density at radius 3 is 2.15 bits per heavy atom. The lowest BCUT2D eigenvalue weighted by molar-refractivity contribution is -0.162. The van der Waals surface area contributed by atoms with Crippen molar-refractivity contribution in [1.29, 1.82) is 0 Å². The number of benzene rings is 2. The van der Waals surface area contributed by atoms with E-state index in [1.165, 1.54) is 7.11 Å². The van der Waals surface area contributed by atoms with Gasteiger partial charge in [-0.15, -0.1) is 0 Å². The Balaban J connectivity index is 1.66. The molecule has 2 heterocycles. The molecule has 27 heavy (non-hydrogen) atoms. The number of hydrogen-bond donors (Lipinski definition) is 0. The Morgan fingerprint density at radius 1 is 1.00 bits per heavy atom. The SMILES string of the molecule is COC(=O)C1C(OC(c2ccccc2)c2ccccc2)C[C@@H]2CC[C@H]1N2C. The maximum absolute atomic E-state index is 12.6. The van der Waals surface area contributed by atoms with Gasteiger partial charge in [-0.1, -0.05) is 60.7 Å². The zero-order chi connectivity index (χ0) is 18.8. The van der Waals surface area contributed by atoms with Crippen LogP contribution >= 0.6 is 0 Å². The summed E-state index contributed by atoms with van der Waals surface area (Å²) in [6, 6.07) is 21.2. The quantitative estimate of drug-likeness (QED) is 0.755. The highest BCUT2D eigenvalue weighted by Crippen LogP contribution is 2.42. The summed E-state index contributed by atoms with van der Waals surface area (Å²) in [5, 5.41) is 0. The van der Waals surface area contributed by atoms with Gasteiger partial charge in [0.1, 0.15) is 6.10 Å². The summed E-state index contributed by atoms with van der Waals surface area (Å²) >= 11 is 0. The largest absolute Gasteiger partial charge is 0.469 e. The smallest absolute Gasteiger partial charge is 0.312 e. The third kappa shape index (κ3) is 3.52.